The van der Waals surface area contributed by atoms with Crippen molar-refractivity contribution < 1.29 is 14.7 Å². The highest BCUT2D eigenvalue weighted by Crippen LogP contribution is 2.17. The average Bonchev–Trinajstić information content (AvgIpc) is 2.63. The van der Waals surface area contributed by atoms with E-state index in [1.807, 2.05) is 0 Å². The Labute approximate surface area is 108 Å². The number of likely N-dealkylation sites (tertiary alicyclic amines) is 1. The van der Waals surface area contributed by atoms with Crippen LogP contribution in [0.3, 0.4) is 0 Å². The monoisotopic (exact) mass is 254 g/mol. The van der Waals surface area contributed by atoms with Gasteiger partial charge < -0.3 is 15.3 Å². The van der Waals surface area contributed by atoms with Crippen molar-refractivity contribution in [2.75, 3.05) is 19.7 Å². The van der Waals surface area contributed by atoms with Crippen molar-refractivity contribution in [2.24, 2.45) is 0 Å². The number of rotatable bonds is 5. The van der Waals surface area contributed by atoms with Crippen molar-refractivity contribution in [1.29, 1.82) is 0 Å². The van der Waals surface area contributed by atoms with E-state index in [9.17, 15) is 14.7 Å². The molecule has 0 aromatic rings. The minimum Gasteiger partial charge on any atom is -0.394 e. The van der Waals surface area contributed by atoms with E-state index in [-0.39, 0.29) is 30.9 Å². The Balaban J connectivity index is 2.42. The van der Waals surface area contributed by atoms with E-state index in [1.54, 1.807) is 4.90 Å². The van der Waals surface area contributed by atoms with Crippen LogP contribution in [0, 0.1) is 0 Å². The van der Waals surface area contributed by atoms with Gasteiger partial charge in [-0.05, 0) is 18.9 Å². The Kier molecular flexibility index (Phi) is 6.43. The molecule has 0 aromatic heterocycles. The normalized spacial score (nSPS) is 20.1. The summed E-state index contributed by atoms with van der Waals surface area (Å²) in [6.07, 6.45) is 5.47. The number of hydrogen-bond acceptors (Lipinski definition) is 3. The van der Waals surface area contributed by atoms with E-state index in [4.69, 9.17) is 0 Å². The molecule has 1 rings (SSSR count). The van der Waals surface area contributed by atoms with Gasteiger partial charge in [0.25, 0.3) is 0 Å². The van der Waals surface area contributed by atoms with Crippen molar-refractivity contribution in [3.05, 3.63) is 12.7 Å². The molecule has 5 nitrogen and oxygen atoms in total. The summed E-state index contributed by atoms with van der Waals surface area (Å²) in [6, 6.07) is -0.0601. The van der Waals surface area contributed by atoms with Gasteiger partial charge in [0.2, 0.25) is 11.8 Å². The van der Waals surface area contributed by atoms with Crippen LogP contribution in [0.15, 0.2) is 12.7 Å². The lowest BCUT2D eigenvalue weighted by Gasteiger charge is -2.28. The van der Waals surface area contributed by atoms with E-state index in [0.29, 0.717) is 13.1 Å². The van der Waals surface area contributed by atoms with Gasteiger partial charge in [0.1, 0.15) is 0 Å². The van der Waals surface area contributed by atoms with Gasteiger partial charge in [-0.2, -0.15) is 0 Å². The number of carbonyl (C=O) groups is 2. The SMILES string of the molecule is C=CC(=O)NCCC(=O)N1CCCCCC1CO. The Morgan fingerprint density at radius 2 is 2.17 bits per heavy atom. The molecule has 0 radical (unpaired) electrons. The maximum absolute atomic E-state index is 12.0. The fourth-order valence-corrected chi connectivity index (χ4v) is 2.20. The number of carbonyl (C=O) groups excluding carboxylic acids is 2. The van der Waals surface area contributed by atoms with Gasteiger partial charge in [-0.3, -0.25) is 9.59 Å². The lowest BCUT2D eigenvalue weighted by Crippen LogP contribution is -2.43. The molecule has 2 amide bonds. The molecule has 2 N–H and O–H groups in total. The molecule has 102 valence electrons. The molecule has 0 aliphatic carbocycles. The minimum atomic E-state index is -0.266. The highest BCUT2D eigenvalue weighted by atomic mass is 16.3. The van der Waals surface area contributed by atoms with Crippen LogP contribution in [-0.4, -0.2) is 47.6 Å². The number of hydrogen-bond donors (Lipinski definition) is 2. The quantitative estimate of drug-likeness (QED) is 0.700. The summed E-state index contributed by atoms with van der Waals surface area (Å²) in [5.74, 6) is -0.266. The summed E-state index contributed by atoms with van der Waals surface area (Å²) in [5, 5.41) is 11.9. The third-order valence-corrected chi connectivity index (χ3v) is 3.23. The standard InChI is InChI=1S/C13H22N2O3/c1-2-12(17)14-8-7-13(18)15-9-5-3-4-6-11(15)10-16/h2,11,16H,1,3-10H2,(H,14,17). The Bertz CT molecular complexity index is 305. The highest BCUT2D eigenvalue weighted by molar-refractivity contribution is 5.87. The third kappa shape index (κ3) is 4.49. The average molecular weight is 254 g/mol. The molecule has 0 aromatic carbocycles. The number of aliphatic hydroxyl groups is 1. The zero-order chi connectivity index (χ0) is 13.4. The van der Waals surface area contributed by atoms with Gasteiger partial charge in [0.15, 0.2) is 0 Å². The molecule has 1 fully saturated rings. The van der Waals surface area contributed by atoms with E-state index in [1.165, 1.54) is 6.08 Å². The van der Waals surface area contributed by atoms with Gasteiger partial charge in [0, 0.05) is 19.5 Å². The number of nitrogens with one attached hydrogen (secondary N) is 1. The topological polar surface area (TPSA) is 69.6 Å². The van der Waals surface area contributed by atoms with Crippen LogP contribution in [0.1, 0.15) is 32.1 Å². The summed E-state index contributed by atoms with van der Waals surface area (Å²) in [6.45, 7) is 4.39. The van der Waals surface area contributed by atoms with E-state index >= 15 is 0 Å². The van der Waals surface area contributed by atoms with Gasteiger partial charge >= 0.3 is 0 Å². The van der Waals surface area contributed by atoms with Crippen molar-refractivity contribution in [3.8, 4) is 0 Å². The van der Waals surface area contributed by atoms with E-state index < -0.39 is 0 Å². The van der Waals surface area contributed by atoms with Gasteiger partial charge in [0.05, 0.1) is 12.6 Å². The van der Waals surface area contributed by atoms with Crippen LogP contribution < -0.4 is 5.32 Å². The van der Waals surface area contributed by atoms with Crippen molar-refractivity contribution in [3.63, 3.8) is 0 Å². The Morgan fingerprint density at radius 1 is 1.39 bits per heavy atom. The maximum atomic E-state index is 12.0. The molecule has 1 unspecified atom stereocenters. The van der Waals surface area contributed by atoms with Gasteiger partial charge in [-0.15, -0.1) is 0 Å². The number of nitrogens with zero attached hydrogens (tertiary/aromatic N) is 1. The predicted octanol–water partition coefficient (Wildman–Crippen LogP) is 0.442. The van der Waals surface area contributed by atoms with Crippen molar-refractivity contribution >= 4 is 11.8 Å². The summed E-state index contributed by atoms with van der Waals surface area (Å²) >= 11 is 0. The second-order valence-electron chi connectivity index (χ2n) is 4.52. The summed E-state index contributed by atoms with van der Waals surface area (Å²) in [5.41, 5.74) is 0. The van der Waals surface area contributed by atoms with Crippen LogP contribution >= 0.6 is 0 Å². The fourth-order valence-electron chi connectivity index (χ4n) is 2.20. The van der Waals surface area contributed by atoms with Crippen molar-refractivity contribution in [1.82, 2.24) is 10.2 Å². The molecule has 1 saturated heterocycles. The largest absolute Gasteiger partial charge is 0.394 e. The van der Waals surface area contributed by atoms with Crippen LogP contribution in [-0.2, 0) is 9.59 Å². The molecule has 1 aliphatic heterocycles. The summed E-state index contributed by atoms with van der Waals surface area (Å²) in [7, 11) is 0. The van der Waals surface area contributed by atoms with E-state index in [0.717, 1.165) is 25.7 Å². The van der Waals surface area contributed by atoms with Crippen LogP contribution in [0.25, 0.3) is 0 Å². The zero-order valence-electron chi connectivity index (χ0n) is 10.7. The van der Waals surface area contributed by atoms with Gasteiger partial charge in [-0.25, -0.2) is 0 Å². The first-order chi connectivity index (χ1) is 8.69. The molecule has 0 bridgehead atoms. The molecule has 5 heteroatoms. The molecule has 1 heterocycles. The molecule has 1 atom stereocenters. The second kappa shape index (κ2) is 7.87. The summed E-state index contributed by atoms with van der Waals surface area (Å²) in [4.78, 5) is 24.7. The molecule has 1 aliphatic rings. The molecule has 18 heavy (non-hydrogen) atoms. The van der Waals surface area contributed by atoms with E-state index in [2.05, 4.69) is 11.9 Å². The highest BCUT2D eigenvalue weighted by Gasteiger charge is 2.24. The van der Waals surface area contributed by atoms with Crippen LogP contribution in [0.2, 0.25) is 0 Å². The van der Waals surface area contributed by atoms with Gasteiger partial charge in [-0.1, -0.05) is 19.4 Å². The maximum Gasteiger partial charge on any atom is 0.243 e. The van der Waals surface area contributed by atoms with Crippen molar-refractivity contribution in [2.45, 2.75) is 38.1 Å². The first kappa shape index (κ1) is 14.7. The first-order valence-corrected chi connectivity index (χ1v) is 6.49. The zero-order valence-corrected chi connectivity index (χ0v) is 10.7. The minimum absolute atomic E-state index is 0.000289. The molecule has 0 spiro atoms. The molecular weight excluding hydrogens is 232 g/mol. The lowest BCUT2D eigenvalue weighted by molar-refractivity contribution is -0.134. The fraction of sp³-hybridized carbons (Fsp3) is 0.692. The third-order valence-electron chi connectivity index (χ3n) is 3.23. The Hall–Kier alpha value is -1.36. The van der Waals surface area contributed by atoms with Crippen LogP contribution in [0.4, 0.5) is 0 Å². The second-order valence-corrected chi connectivity index (χ2v) is 4.52. The molecule has 0 saturated carbocycles. The lowest BCUT2D eigenvalue weighted by atomic mass is 10.1. The smallest absolute Gasteiger partial charge is 0.243 e. The Morgan fingerprint density at radius 3 is 2.83 bits per heavy atom. The first-order valence-electron chi connectivity index (χ1n) is 6.49. The number of amides is 2. The predicted molar refractivity (Wildman–Crippen MR) is 68.9 cm³/mol. The number of aliphatic hydroxyl groups excluding tert-OH is 1. The van der Waals surface area contributed by atoms with Crippen LogP contribution in [0.5, 0.6) is 0 Å². The molecular formula is C13H22N2O3. The summed E-state index contributed by atoms with van der Waals surface area (Å²) < 4.78 is 0.